The van der Waals surface area contributed by atoms with Crippen LogP contribution in [-0.2, 0) is 0 Å². The second-order valence-corrected chi connectivity index (χ2v) is 4.69. The molecule has 5 heteroatoms. The fraction of sp³-hybridized carbons (Fsp3) is 0.400. The molecule has 1 aromatic carbocycles. The van der Waals surface area contributed by atoms with Crippen LogP contribution >= 0.6 is 0 Å². The molecule has 2 N–H and O–H groups in total. The van der Waals surface area contributed by atoms with Gasteiger partial charge in [0.1, 0.15) is 0 Å². The summed E-state index contributed by atoms with van der Waals surface area (Å²) in [5, 5.41) is 11.9. The molecule has 1 aliphatic rings. The summed E-state index contributed by atoms with van der Waals surface area (Å²) in [5.41, 5.74) is 0.188. The first-order valence-corrected chi connectivity index (χ1v) is 6.67. The first-order valence-electron chi connectivity index (χ1n) is 6.67. The van der Waals surface area contributed by atoms with Crippen molar-refractivity contribution in [1.29, 1.82) is 0 Å². The summed E-state index contributed by atoms with van der Waals surface area (Å²) >= 11 is 0. The predicted molar refractivity (Wildman–Crippen MR) is 73.2 cm³/mol. The van der Waals surface area contributed by atoms with E-state index in [0.29, 0.717) is 6.42 Å². The second kappa shape index (κ2) is 6.52. The number of aliphatic hydroxyl groups is 1. The average molecular weight is 279 g/mol. The summed E-state index contributed by atoms with van der Waals surface area (Å²) in [6.07, 6.45) is 4.37. The first kappa shape index (κ1) is 14.5. The molecule has 0 spiro atoms. The Hall–Kier alpha value is -1.88. The van der Waals surface area contributed by atoms with Gasteiger partial charge in [0.15, 0.2) is 11.6 Å². The van der Waals surface area contributed by atoms with Crippen LogP contribution in [0.4, 0.5) is 4.39 Å². The Balaban J connectivity index is 2.10. The molecule has 2 atom stereocenters. The fourth-order valence-electron chi connectivity index (χ4n) is 2.24. The van der Waals surface area contributed by atoms with Crippen molar-refractivity contribution in [2.45, 2.75) is 19.4 Å². The molecule has 0 saturated heterocycles. The third kappa shape index (κ3) is 3.17. The van der Waals surface area contributed by atoms with Gasteiger partial charge in [-0.15, -0.1) is 0 Å². The van der Waals surface area contributed by atoms with E-state index >= 15 is 0 Å². The van der Waals surface area contributed by atoms with Gasteiger partial charge in [-0.1, -0.05) is 18.2 Å². The highest BCUT2D eigenvalue weighted by Crippen LogP contribution is 2.24. The van der Waals surface area contributed by atoms with Crippen molar-refractivity contribution >= 4 is 5.91 Å². The predicted octanol–water partition coefficient (Wildman–Crippen LogP) is 1.89. The van der Waals surface area contributed by atoms with Gasteiger partial charge in [-0.3, -0.25) is 4.79 Å². The largest absolute Gasteiger partial charge is 0.490 e. The summed E-state index contributed by atoms with van der Waals surface area (Å²) in [6.45, 7) is 2.09. The zero-order valence-corrected chi connectivity index (χ0v) is 11.3. The number of hydrogen-bond donors (Lipinski definition) is 2. The fourth-order valence-corrected chi connectivity index (χ4v) is 2.24. The van der Waals surface area contributed by atoms with Crippen LogP contribution in [0, 0.1) is 11.7 Å². The Morgan fingerprint density at radius 1 is 1.50 bits per heavy atom. The molecule has 0 fully saturated rings. The third-order valence-electron chi connectivity index (χ3n) is 3.22. The number of carbonyl (C=O) groups excluding carboxylic acids is 1. The summed E-state index contributed by atoms with van der Waals surface area (Å²) in [5.74, 6) is -0.872. The monoisotopic (exact) mass is 279 g/mol. The lowest BCUT2D eigenvalue weighted by atomic mass is 10.1. The van der Waals surface area contributed by atoms with E-state index in [2.05, 4.69) is 5.32 Å². The van der Waals surface area contributed by atoms with Crippen molar-refractivity contribution in [3.63, 3.8) is 0 Å². The molecule has 1 amide bonds. The first-order chi connectivity index (χ1) is 9.65. The number of halogens is 1. The molecule has 0 heterocycles. The average Bonchev–Trinajstić information content (AvgIpc) is 2.88. The van der Waals surface area contributed by atoms with Crippen molar-refractivity contribution < 1.29 is 19.0 Å². The number of ether oxygens (including phenoxy) is 1. The van der Waals surface area contributed by atoms with E-state index in [9.17, 15) is 9.18 Å². The minimum Gasteiger partial charge on any atom is -0.490 e. The van der Waals surface area contributed by atoms with Crippen LogP contribution in [0.25, 0.3) is 0 Å². The molecule has 4 nitrogen and oxygen atoms in total. The van der Waals surface area contributed by atoms with E-state index in [-0.39, 0.29) is 42.4 Å². The molecule has 108 valence electrons. The Kier molecular flexibility index (Phi) is 4.74. The van der Waals surface area contributed by atoms with Gasteiger partial charge in [0.2, 0.25) is 0 Å². The van der Waals surface area contributed by atoms with Crippen LogP contribution in [0.3, 0.4) is 0 Å². The maximum absolute atomic E-state index is 13.7. The number of amides is 1. The number of carbonyl (C=O) groups is 1. The van der Waals surface area contributed by atoms with Crippen molar-refractivity contribution in [2.75, 3.05) is 13.2 Å². The molecular formula is C15H18FNO3. The number of rotatable bonds is 5. The molecule has 0 saturated carbocycles. The Bertz CT molecular complexity index is 516. The number of para-hydroxylation sites is 1. The minimum atomic E-state index is -0.547. The molecule has 20 heavy (non-hydrogen) atoms. The molecular weight excluding hydrogens is 261 g/mol. The van der Waals surface area contributed by atoms with Gasteiger partial charge >= 0.3 is 0 Å². The lowest BCUT2D eigenvalue weighted by Crippen LogP contribution is -2.33. The van der Waals surface area contributed by atoms with Crippen LogP contribution in [0.1, 0.15) is 23.7 Å². The van der Waals surface area contributed by atoms with Crippen molar-refractivity contribution in [1.82, 2.24) is 5.32 Å². The highest BCUT2D eigenvalue weighted by molar-refractivity contribution is 5.97. The SMILES string of the molecule is CCOc1c(F)cccc1C(=O)N[C@@H]1C=C[C@H](CO)C1. The zero-order chi connectivity index (χ0) is 14.5. The van der Waals surface area contributed by atoms with Gasteiger partial charge in [-0.2, -0.15) is 0 Å². The number of hydrogen-bond acceptors (Lipinski definition) is 3. The lowest BCUT2D eigenvalue weighted by molar-refractivity contribution is 0.0936. The summed E-state index contributed by atoms with van der Waals surface area (Å²) < 4.78 is 18.9. The molecule has 1 aromatic rings. The van der Waals surface area contributed by atoms with Crippen molar-refractivity contribution in [2.24, 2.45) is 5.92 Å². The molecule has 2 rings (SSSR count). The second-order valence-electron chi connectivity index (χ2n) is 4.69. The van der Waals surface area contributed by atoms with Gasteiger partial charge in [0, 0.05) is 18.6 Å². The molecule has 1 aliphatic carbocycles. The quantitative estimate of drug-likeness (QED) is 0.809. The van der Waals surface area contributed by atoms with Gasteiger partial charge < -0.3 is 15.2 Å². The Morgan fingerprint density at radius 2 is 2.30 bits per heavy atom. The van der Waals surface area contributed by atoms with Gasteiger partial charge in [-0.05, 0) is 25.5 Å². The van der Waals surface area contributed by atoms with Crippen molar-refractivity contribution in [3.8, 4) is 5.75 Å². The topological polar surface area (TPSA) is 58.6 Å². The molecule has 0 radical (unpaired) electrons. The van der Waals surface area contributed by atoms with Gasteiger partial charge in [-0.25, -0.2) is 4.39 Å². The van der Waals surface area contributed by atoms with E-state index in [0.717, 1.165) is 0 Å². The summed E-state index contributed by atoms with van der Waals surface area (Å²) in [4.78, 5) is 12.2. The van der Waals surface area contributed by atoms with E-state index in [1.165, 1.54) is 18.2 Å². The number of aliphatic hydroxyl groups excluding tert-OH is 1. The van der Waals surface area contributed by atoms with E-state index in [4.69, 9.17) is 9.84 Å². The maximum Gasteiger partial charge on any atom is 0.255 e. The highest BCUT2D eigenvalue weighted by Gasteiger charge is 2.22. The van der Waals surface area contributed by atoms with Crippen LogP contribution in [-0.4, -0.2) is 30.3 Å². The lowest BCUT2D eigenvalue weighted by Gasteiger charge is -2.15. The Morgan fingerprint density at radius 3 is 2.95 bits per heavy atom. The normalized spacial score (nSPS) is 20.9. The van der Waals surface area contributed by atoms with E-state index in [1.807, 2.05) is 12.2 Å². The van der Waals surface area contributed by atoms with Crippen LogP contribution in [0.15, 0.2) is 30.4 Å². The summed E-state index contributed by atoms with van der Waals surface area (Å²) in [6, 6.07) is 4.13. The standard InChI is InChI=1S/C15H18FNO3/c1-2-20-14-12(4-3-5-13(14)16)15(19)17-11-7-6-10(8-11)9-18/h3-7,10-11,18H,2,8-9H2,1H3,(H,17,19)/t10-,11+/m0/s1. The minimum absolute atomic E-state index is 0.0202. The smallest absolute Gasteiger partial charge is 0.255 e. The van der Waals surface area contributed by atoms with Gasteiger partial charge in [0.25, 0.3) is 5.91 Å². The van der Waals surface area contributed by atoms with Crippen LogP contribution in [0.2, 0.25) is 0 Å². The maximum atomic E-state index is 13.7. The van der Waals surface area contributed by atoms with Crippen LogP contribution in [0.5, 0.6) is 5.75 Å². The van der Waals surface area contributed by atoms with E-state index in [1.54, 1.807) is 6.92 Å². The molecule has 0 aromatic heterocycles. The van der Waals surface area contributed by atoms with E-state index < -0.39 is 5.82 Å². The third-order valence-corrected chi connectivity index (χ3v) is 3.22. The van der Waals surface area contributed by atoms with Crippen molar-refractivity contribution in [3.05, 3.63) is 41.7 Å². The molecule has 0 bridgehead atoms. The van der Waals surface area contributed by atoms with Gasteiger partial charge in [0.05, 0.1) is 12.2 Å². The molecule has 0 aliphatic heterocycles. The molecule has 0 unspecified atom stereocenters. The van der Waals surface area contributed by atoms with Crippen LogP contribution < -0.4 is 10.1 Å². The summed E-state index contributed by atoms with van der Waals surface area (Å²) in [7, 11) is 0. The number of nitrogens with one attached hydrogen (secondary N) is 1. The highest BCUT2D eigenvalue weighted by atomic mass is 19.1. The Labute approximate surface area is 117 Å². The number of benzene rings is 1. The zero-order valence-electron chi connectivity index (χ0n) is 11.3.